The topological polar surface area (TPSA) is 159 Å². The number of hydrogen-bond acceptors (Lipinski definition) is 8. The normalized spacial score (nSPS) is 11.6. The molecule has 0 heterocycles. The van der Waals surface area contributed by atoms with Gasteiger partial charge in [0.2, 0.25) is 5.96 Å². The third-order valence-corrected chi connectivity index (χ3v) is 4.69. The zero-order valence-corrected chi connectivity index (χ0v) is 16.3. The van der Waals surface area contributed by atoms with Crippen LogP contribution in [-0.2, 0) is 10.1 Å². The first-order valence-corrected chi connectivity index (χ1v) is 9.58. The molecule has 0 aliphatic carbocycles. The van der Waals surface area contributed by atoms with E-state index < -0.39 is 25.6 Å². The minimum atomic E-state index is -4.43. The molecule has 0 aromatic heterocycles. The number of para-hydroxylation sites is 1. The van der Waals surface area contributed by atoms with Gasteiger partial charge in [-0.2, -0.15) is 13.5 Å². The van der Waals surface area contributed by atoms with Crippen LogP contribution in [0.15, 0.2) is 57.5 Å². The third-order valence-electron chi connectivity index (χ3n) is 3.40. The summed E-state index contributed by atoms with van der Waals surface area (Å²) in [6.07, 6.45) is 0. The summed E-state index contributed by atoms with van der Waals surface area (Å²) in [6.45, 7) is 5.29. The molecule has 0 unspecified atom stereocenters. The number of rotatable bonds is 9. The number of hydrogen-bond donors (Lipinski definition) is 2. The quantitative estimate of drug-likeness (QED) is 0.154. The summed E-state index contributed by atoms with van der Waals surface area (Å²) in [4.78, 5) is 13.7. The Kier molecular flexibility index (Phi) is 7.09. The summed E-state index contributed by atoms with van der Waals surface area (Å²) in [5, 5.41) is 14.5. The molecule has 0 radical (unpaired) electrons. The molecule has 0 saturated carbocycles. The smallest absolute Gasteiger partial charge is 0.346 e. The van der Waals surface area contributed by atoms with E-state index in [0.29, 0.717) is 11.3 Å². The van der Waals surface area contributed by atoms with Gasteiger partial charge in [-0.3, -0.25) is 10.1 Å². The van der Waals surface area contributed by atoms with Crippen molar-refractivity contribution in [1.82, 2.24) is 5.43 Å². The van der Waals surface area contributed by atoms with Crippen molar-refractivity contribution in [2.24, 2.45) is 15.8 Å². The summed E-state index contributed by atoms with van der Waals surface area (Å²) in [6, 6.07) is 9.42. The molecule has 11 nitrogen and oxygen atoms in total. The fourth-order valence-electron chi connectivity index (χ4n) is 2.28. The first-order valence-electron chi connectivity index (χ1n) is 8.17. The lowest BCUT2D eigenvalue weighted by molar-refractivity contribution is -0.387. The predicted molar refractivity (Wildman–Crippen MR) is 107 cm³/mol. The Labute approximate surface area is 167 Å². The zero-order valence-electron chi connectivity index (χ0n) is 15.4. The summed E-state index contributed by atoms with van der Waals surface area (Å²) < 4.78 is 35.7. The Morgan fingerprint density at radius 1 is 1.28 bits per heavy atom. The van der Waals surface area contributed by atoms with Crippen molar-refractivity contribution in [3.05, 3.63) is 58.1 Å². The molecule has 0 fully saturated rings. The van der Waals surface area contributed by atoms with Gasteiger partial charge >= 0.3 is 10.1 Å². The number of aliphatic imine (C=N–C) groups is 1. The average molecular weight is 421 g/mol. The Bertz CT molecular complexity index is 1040. The Morgan fingerprint density at radius 2 is 1.97 bits per heavy atom. The number of benzene rings is 2. The van der Waals surface area contributed by atoms with Gasteiger partial charge in [-0.1, -0.05) is 12.1 Å². The van der Waals surface area contributed by atoms with Crippen molar-refractivity contribution in [3.8, 4) is 11.5 Å². The molecule has 0 bridgehead atoms. The van der Waals surface area contributed by atoms with Gasteiger partial charge in [0.05, 0.1) is 11.5 Å². The highest BCUT2D eigenvalue weighted by Gasteiger charge is 2.27. The van der Waals surface area contributed by atoms with Crippen LogP contribution in [0.1, 0.15) is 5.56 Å². The minimum absolute atomic E-state index is 0.0429. The summed E-state index contributed by atoms with van der Waals surface area (Å²) in [5.41, 5.74) is 7.94. The molecule has 0 saturated heterocycles. The fraction of sp³-hybridized carbons (Fsp3) is 0.176. The van der Waals surface area contributed by atoms with E-state index >= 15 is 0 Å². The lowest BCUT2D eigenvalue weighted by atomic mass is 10.2. The second-order valence-corrected chi connectivity index (χ2v) is 7.14. The van der Waals surface area contributed by atoms with Gasteiger partial charge in [-0.25, -0.2) is 10.4 Å². The highest BCUT2D eigenvalue weighted by Crippen LogP contribution is 2.29. The van der Waals surface area contributed by atoms with E-state index in [1.165, 1.54) is 24.3 Å². The highest BCUT2D eigenvalue weighted by molar-refractivity contribution is 7.87. The van der Waals surface area contributed by atoms with Crippen molar-refractivity contribution >= 4 is 28.5 Å². The fourth-order valence-corrected chi connectivity index (χ4v) is 3.37. The Hall–Kier alpha value is -3.67. The van der Waals surface area contributed by atoms with Gasteiger partial charge in [0.1, 0.15) is 18.1 Å². The van der Waals surface area contributed by atoms with Gasteiger partial charge in [-0.05, 0) is 30.7 Å². The molecule has 0 spiro atoms. The molecule has 2 rings (SSSR count). The van der Waals surface area contributed by atoms with Crippen LogP contribution < -0.4 is 20.1 Å². The highest BCUT2D eigenvalue weighted by atomic mass is 32.2. The molecular weight excluding hydrogens is 402 g/mol. The maximum Gasteiger partial charge on any atom is 0.346 e. The average Bonchev–Trinajstić information content (AvgIpc) is 2.64. The van der Waals surface area contributed by atoms with Crippen molar-refractivity contribution in [1.29, 1.82) is 0 Å². The van der Waals surface area contributed by atoms with E-state index in [1.54, 1.807) is 13.0 Å². The van der Waals surface area contributed by atoms with E-state index in [1.807, 2.05) is 0 Å². The number of nitrogens with two attached hydrogens (primary N) is 1. The number of guanidine groups is 1. The molecule has 0 amide bonds. The van der Waals surface area contributed by atoms with Gasteiger partial charge in [-0.15, -0.1) is 0 Å². The second kappa shape index (κ2) is 9.50. The van der Waals surface area contributed by atoms with E-state index in [4.69, 9.17) is 14.7 Å². The van der Waals surface area contributed by atoms with E-state index in [-0.39, 0.29) is 24.9 Å². The minimum Gasteiger partial charge on any atom is -0.492 e. The molecule has 154 valence electrons. The third kappa shape index (κ3) is 6.17. The SMILES string of the molecule is C=NNC(N)=NCCOc1cc(C)cc(OS(=O)(=O)c2ccccc2[N+](=O)[O-])c1. The number of nitro groups is 1. The number of nitrogens with one attached hydrogen (secondary N) is 1. The van der Waals surface area contributed by atoms with Crippen LogP contribution in [0.2, 0.25) is 0 Å². The molecule has 12 heteroatoms. The van der Waals surface area contributed by atoms with Crippen LogP contribution in [0, 0.1) is 17.0 Å². The second-order valence-electron chi connectivity index (χ2n) is 5.63. The number of aryl methyl sites for hydroxylation is 1. The molecule has 29 heavy (non-hydrogen) atoms. The van der Waals surface area contributed by atoms with Gasteiger partial charge in [0.15, 0.2) is 4.90 Å². The van der Waals surface area contributed by atoms with Crippen LogP contribution >= 0.6 is 0 Å². The molecule has 0 aliphatic heterocycles. The number of nitrogens with zero attached hydrogens (tertiary/aromatic N) is 3. The molecular formula is C17H19N5O6S. The summed E-state index contributed by atoms with van der Waals surface area (Å²) in [5.74, 6) is 0.368. The van der Waals surface area contributed by atoms with Crippen LogP contribution in [0.25, 0.3) is 0 Å². The Balaban J connectivity index is 2.16. The van der Waals surface area contributed by atoms with E-state index in [2.05, 4.69) is 22.2 Å². The Morgan fingerprint density at radius 3 is 2.66 bits per heavy atom. The van der Waals surface area contributed by atoms with Crippen LogP contribution in [0.5, 0.6) is 11.5 Å². The number of ether oxygens (including phenoxy) is 1. The maximum absolute atomic E-state index is 12.5. The lowest BCUT2D eigenvalue weighted by Crippen LogP contribution is -2.27. The first kappa shape index (κ1) is 21.6. The lowest BCUT2D eigenvalue weighted by Gasteiger charge is -2.11. The molecule has 0 atom stereocenters. The standard InChI is InChI=1S/C17H19N5O6S/c1-12-9-13(27-8-7-20-17(18)21-19-2)11-14(10-12)28-29(25,26)16-6-4-3-5-15(16)22(23)24/h3-6,9-11H,2,7-8H2,1H3,(H3,18,20,21). The maximum atomic E-state index is 12.5. The summed E-state index contributed by atoms with van der Waals surface area (Å²) >= 11 is 0. The molecule has 2 aromatic rings. The van der Waals surface area contributed by atoms with Crippen molar-refractivity contribution in [3.63, 3.8) is 0 Å². The van der Waals surface area contributed by atoms with Crippen LogP contribution in [0.4, 0.5) is 5.69 Å². The predicted octanol–water partition coefficient (Wildman–Crippen LogP) is 1.57. The van der Waals surface area contributed by atoms with E-state index in [9.17, 15) is 18.5 Å². The van der Waals surface area contributed by atoms with Gasteiger partial charge in [0.25, 0.3) is 5.69 Å². The van der Waals surface area contributed by atoms with Crippen LogP contribution in [0.3, 0.4) is 0 Å². The first-order chi connectivity index (χ1) is 13.7. The van der Waals surface area contributed by atoms with Crippen molar-refractivity contribution in [2.45, 2.75) is 11.8 Å². The largest absolute Gasteiger partial charge is 0.492 e. The number of nitro benzene ring substituents is 1. The monoisotopic (exact) mass is 421 g/mol. The van der Waals surface area contributed by atoms with Crippen molar-refractivity contribution in [2.75, 3.05) is 13.2 Å². The molecule has 3 N–H and O–H groups in total. The number of hydrazone groups is 1. The molecule has 0 aliphatic rings. The summed E-state index contributed by atoms with van der Waals surface area (Å²) in [7, 11) is -4.43. The zero-order chi connectivity index (χ0) is 21.4. The van der Waals surface area contributed by atoms with Crippen molar-refractivity contribution < 1.29 is 22.3 Å². The van der Waals surface area contributed by atoms with E-state index in [0.717, 1.165) is 12.1 Å². The van der Waals surface area contributed by atoms with Gasteiger partial charge in [0, 0.05) is 18.9 Å². The van der Waals surface area contributed by atoms with Crippen LogP contribution in [-0.4, -0.2) is 39.2 Å². The van der Waals surface area contributed by atoms with Gasteiger partial charge < -0.3 is 14.7 Å². The molecule has 2 aromatic carbocycles.